The van der Waals surface area contributed by atoms with Gasteiger partial charge in [-0.15, -0.1) is 0 Å². The number of nitro benzene ring substituents is 1. The van der Waals surface area contributed by atoms with Gasteiger partial charge < -0.3 is 15.0 Å². The van der Waals surface area contributed by atoms with Crippen LogP contribution in [0.15, 0.2) is 18.2 Å². The van der Waals surface area contributed by atoms with Crippen molar-refractivity contribution in [3.8, 4) is 0 Å². The fourth-order valence-corrected chi connectivity index (χ4v) is 4.28. The number of hydrogen-bond acceptors (Lipinski definition) is 6. The molecule has 1 N–H and O–H groups in total. The van der Waals surface area contributed by atoms with Crippen LogP contribution in [0.1, 0.15) is 31.2 Å². The Morgan fingerprint density at radius 3 is 2.97 bits per heavy atom. The van der Waals surface area contributed by atoms with Crippen LogP contribution in [0.3, 0.4) is 0 Å². The van der Waals surface area contributed by atoms with Crippen molar-refractivity contribution in [3.63, 3.8) is 0 Å². The number of rotatable bonds is 6. The van der Waals surface area contributed by atoms with Crippen LogP contribution in [0.2, 0.25) is 0 Å². The summed E-state index contributed by atoms with van der Waals surface area (Å²) in [6.07, 6.45) is 3.89. The van der Waals surface area contributed by atoms with E-state index in [1.807, 2.05) is 0 Å². The van der Waals surface area contributed by atoms with Crippen molar-refractivity contribution in [2.24, 2.45) is 0 Å². The molecular formula is C20H29FN4O4. The highest BCUT2D eigenvalue weighted by atomic mass is 19.1. The minimum absolute atomic E-state index is 0.0112. The summed E-state index contributed by atoms with van der Waals surface area (Å²) in [5, 5.41) is 14.4. The second-order valence-corrected chi connectivity index (χ2v) is 8.12. The Kier molecular flexibility index (Phi) is 6.81. The van der Waals surface area contributed by atoms with Crippen molar-refractivity contribution in [2.45, 2.75) is 43.9 Å². The van der Waals surface area contributed by atoms with Crippen LogP contribution in [-0.4, -0.2) is 72.6 Å². The minimum Gasteiger partial charge on any atom is -0.371 e. The molecule has 2 fully saturated rings. The summed E-state index contributed by atoms with van der Waals surface area (Å²) in [5.74, 6) is -0.428. The van der Waals surface area contributed by atoms with Gasteiger partial charge in [-0.05, 0) is 18.9 Å². The minimum atomic E-state index is -0.507. The largest absolute Gasteiger partial charge is 0.371 e. The number of carbonyl (C=O) groups is 1. The summed E-state index contributed by atoms with van der Waals surface area (Å²) < 4.78 is 20.5. The Hall–Kier alpha value is -2.10. The Labute approximate surface area is 170 Å². The number of ether oxygens (including phenoxy) is 1. The lowest BCUT2D eigenvalue weighted by atomic mass is 9.78. The number of nitro groups is 1. The van der Waals surface area contributed by atoms with E-state index in [1.54, 1.807) is 19.0 Å². The van der Waals surface area contributed by atoms with Crippen LogP contribution in [-0.2, 0) is 16.1 Å². The van der Waals surface area contributed by atoms with E-state index in [-0.39, 0.29) is 24.2 Å². The molecule has 3 rings (SSSR count). The van der Waals surface area contributed by atoms with Gasteiger partial charge >= 0.3 is 0 Å². The third-order valence-electron chi connectivity index (χ3n) is 5.90. The van der Waals surface area contributed by atoms with Crippen molar-refractivity contribution in [3.05, 3.63) is 39.7 Å². The van der Waals surface area contributed by atoms with Crippen molar-refractivity contribution in [2.75, 3.05) is 40.3 Å². The lowest BCUT2D eigenvalue weighted by molar-refractivity contribution is -0.385. The molecule has 0 radical (unpaired) electrons. The fraction of sp³-hybridized carbons (Fsp3) is 0.650. The third kappa shape index (κ3) is 5.09. The molecule has 8 nitrogen and oxygen atoms in total. The van der Waals surface area contributed by atoms with Crippen LogP contribution in [0.5, 0.6) is 0 Å². The molecule has 1 aliphatic heterocycles. The molecule has 0 aromatic heterocycles. The SMILES string of the molecule is CN(C)C(=O)CNC1CCCCC12CN(Cc1cc([N+](=O)[O-])ccc1F)CCO2. The lowest BCUT2D eigenvalue weighted by Crippen LogP contribution is -2.63. The van der Waals surface area contributed by atoms with Gasteiger partial charge in [0.2, 0.25) is 5.91 Å². The van der Waals surface area contributed by atoms with E-state index in [0.29, 0.717) is 31.8 Å². The first kappa shape index (κ1) is 21.6. The molecule has 1 saturated heterocycles. The molecule has 1 aromatic carbocycles. The van der Waals surface area contributed by atoms with Crippen molar-refractivity contribution >= 4 is 11.6 Å². The molecule has 1 saturated carbocycles. The normalized spacial score (nSPS) is 25.1. The molecule has 1 heterocycles. The molecule has 9 heteroatoms. The average molecular weight is 408 g/mol. The zero-order chi connectivity index (χ0) is 21.0. The van der Waals surface area contributed by atoms with Crippen LogP contribution in [0.4, 0.5) is 10.1 Å². The van der Waals surface area contributed by atoms with Gasteiger partial charge in [0, 0.05) is 57.5 Å². The van der Waals surface area contributed by atoms with Crippen molar-refractivity contribution < 1.29 is 18.8 Å². The van der Waals surface area contributed by atoms with E-state index in [0.717, 1.165) is 31.7 Å². The van der Waals surface area contributed by atoms with E-state index in [1.165, 1.54) is 12.1 Å². The number of nitrogens with one attached hydrogen (secondary N) is 1. The first-order valence-corrected chi connectivity index (χ1v) is 10.0. The number of benzene rings is 1. The Bertz CT molecular complexity index is 756. The van der Waals surface area contributed by atoms with Crippen LogP contribution < -0.4 is 5.32 Å². The Balaban J connectivity index is 1.71. The number of nitrogens with zero attached hydrogens (tertiary/aromatic N) is 3. The number of halogens is 1. The average Bonchev–Trinajstić information content (AvgIpc) is 2.68. The topological polar surface area (TPSA) is 88.0 Å². The summed E-state index contributed by atoms with van der Waals surface area (Å²) in [6.45, 7) is 2.29. The molecule has 2 unspecified atom stereocenters. The van der Waals surface area contributed by atoms with E-state index in [2.05, 4.69) is 10.2 Å². The third-order valence-corrected chi connectivity index (χ3v) is 5.90. The number of morpholine rings is 1. The van der Waals surface area contributed by atoms with Gasteiger partial charge in [-0.3, -0.25) is 19.8 Å². The highest BCUT2D eigenvalue weighted by molar-refractivity contribution is 5.77. The molecule has 1 amide bonds. The maximum absolute atomic E-state index is 14.2. The summed E-state index contributed by atoms with van der Waals surface area (Å²) in [5.41, 5.74) is -0.219. The number of non-ortho nitro benzene ring substituents is 1. The Morgan fingerprint density at radius 1 is 1.45 bits per heavy atom. The monoisotopic (exact) mass is 408 g/mol. The highest BCUT2D eigenvalue weighted by Gasteiger charge is 2.45. The van der Waals surface area contributed by atoms with Gasteiger partial charge in [0.25, 0.3) is 5.69 Å². The highest BCUT2D eigenvalue weighted by Crippen LogP contribution is 2.35. The van der Waals surface area contributed by atoms with Gasteiger partial charge in [0.1, 0.15) is 5.82 Å². The lowest BCUT2D eigenvalue weighted by Gasteiger charge is -2.50. The molecule has 2 aliphatic rings. The number of likely N-dealkylation sites (N-methyl/N-ethyl adjacent to an activating group) is 1. The second-order valence-electron chi connectivity index (χ2n) is 8.12. The van der Waals surface area contributed by atoms with E-state index >= 15 is 0 Å². The summed E-state index contributed by atoms with van der Waals surface area (Å²) in [6, 6.07) is 3.69. The van der Waals surface area contributed by atoms with E-state index < -0.39 is 16.3 Å². The molecule has 29 heavy (non-hydrogen) atoms. The van der Waals surface area contributed by atoms with Crippen molar-refractivity contribution in [1.29, 1.82) is 0 Å². The predicted octanol–water partition coefficient (Wildman–Crippen LogP) is 1.93. The van der Waals surface area contributed by atoms with E-state index in [9.17, 15) is 19.3 Å². The summed E-state index contributed by atoms with van der Waals surface area (Å²) in [4.78, 5) is 26.2. The fourth-order valence-electron chi connectivity index (χ4n) is 4.28. The van der Waals surface area contributed by atoms with Crippen LogP contribution >= 0.6 is 0 Å². The van der Waals surface area contributed by atoms with Gasteiger partial charge in [-0.2, -0.15) is 0 Å². The van der Waals surface area contributed by atoms with Crippen LogP contribution in [0, 0.1) is 15.9 Å². The zero-order valence-corrected chi connectivity index (χ0v) is 17.0. The van der Waals surface area contributed by atoms with E-state index in [4.69, 9.17) is 4.74 Å². The molecule has 1 spiro atoms. The smallest absolute Gasteiger partial charge is 0.269 e. The standard InChI is InChI=1S/C20H29FN4O4/c1-23(2)19(26)12-22-18-5-3-4-8-20(18)14-24(9-10-29-20)13-15-11-16(25(27)28)6-7-17(15)21/h6-7,11,18,22H,3-5,8-10,12-14H2,1-2H3. The van der Waals surface area contributed by atoms with Gasteiger partial charge in [-0.25, -0.2) is 4.39 Å². The maximum Gasteiger partial charge on any atom is 0.269 e. The first-order valence-electron chi connectivity index (χ1n) is 10.0. The molecule has 1 aliphatic carbocycles. The molecule has 160 valence electrons. The molecule has 1 aromatic rings. The zero-order valence-electron chi connectivity index (χ0n) is 17.0. The Morgan fingerprint density at radius 2 is 2.24 bits per heavy atom. The molecule has 2 atom stereocenters. The number of carbonyl (C=O) groups excluding carboxylic acids is 1. The summed E-state index contributed by atoms with van der Waals surface area (Å²) >= 11 is 0. The van der Waals surface area contributed by atoms with Crippen molar-refractivity contribution in [1.82, 2.24) is 15.1 Å². The second kappa shape index (κ2) is 9.15. The first-order chi connectivity index (χ1) is 13.8. The number of amides is 1. The van der Waals surface area contributed by atoms with Crippen LogP contribution in [0.25, 0.3) is 0 Å². The molecular weight excluding hydrogens is 379 g/mol. The van der Waals surface area contributed by atoms with Gasteiger partial charge in [0.05, 0.1) is 23.7 Å². The number of hydrogen-bond donors (Lipinski definition) is 1. The van der Waals surface area contributed by atoms with Gasteiger partial charge in [-0.1, -0.05) is 12.8 Å². The predicted molar refractivity (Wildman–Crippen MR) is 106 cm³/mol. The molecule has 0 bridgehead atoms. The maximum atomic E-state index is 14.2. The summed E-state index contributed by atoms with van der Waals surface area (Å²) in [7, 11) is 3.46. The van der Waals surface area contributed by atoms with Gasteiger partial charge in [0.15, 0.2) is 0 Å². The quantitative estimate of drug-likeness (QED) is 0.572.